The normalized spacial score (nSPS) is 14.9. The highest BCUT2D eigenvalue weighted by atomic mass is 16.5. The number of benzene rings is 1. The van der Waals surface area contributed by atoms with Crippen LogP contribution in [-0.2, 0) is 0 Å². The van der Waals surface area contributed by atoms with Gasteiger partial charge in [-0.25, -0.2) is 0 Å². The van der Waals surface area contributed by atoms with Gasteiger partial charge in [-0.05, 0) is 44.0 Å². The lowest BCUT2D eigenvalue weighted by atomic mass is 10.1. The van der Waals surface area contributed by atoms with Crippen molar-refractivity contribution in [3.8, 4) is 11.5 Å². The molecule has 0 atom stereocenters. The number of nitrogens with zero attached hydrogens (tertiary/aromatic N) is 1. The van der Waals surface area contributed by atoms with E-state index in [2.05, 4.69) is 19.2 Å². The number of carbonyl (C=O) groups is 1. The summed E-state index contributed by atoms with van der Waals surface area (Å²) in [5.74, 6) is 1.49. The Kier molecular flexibility index (Phi) is 8.60. The summed E-state index contributed by atoms with van der Waals surface area (Å²) in [6.45, 7) is 8.96. The first-order chi connectivity index (χ1) is 12.3. The molecule has 140 valence electrons. The maximum Gasteiger partial charge on any atom is 0.254 e. The first-order valence-corrected chi connectivity index (χ1v) is 9.66. The summed E-state index contributed by atoms with van der Waals surface area (Å²) in [7, 11) is 0. The minimum absolute atomic E-state index is 0.0733. The van der Waals surface area contributed by atoms with Gasteiger partial charge in [0, 0.05) is 25.2 Å². The van der Waals surface area contributed by atoms with Crippen molar-refractivity contribution < 1.29 is 14.3 Å². The zero-order valence-electron chi connectivity index (χ0n) is 15.7. The average Bonchev–Trinajstić information content (AvgIpc) is 2.92. The van der Waals surface area contributed by atoms with Crippen LogP contribution in [0.4, 0.5) is 0 Å². The Morgan fingerprint density at radius 3 is 2.48 bits per heavy atom. The number of carbonyl (C=O) groups excluding carboxylic acids is 1. The van der Waals surface area contributed by atoms with Crippen molar-refractivity contribution in [3.05, 3.63) is 23.8 Å². The molecule has 0 aliphatic carbocycles. The van der Waals surface area contributed by atoms with Crippen molar-refractivity contribution in [3.63, 3.8) is 0 Å². The lowest BCUT2D eigenvalue weighted by Crippen LogP contribution is -2.34. The smallest absolute Gasteiger partial charge is 0.254 e. The van der Waals surface area contributed by atoms with Crippen molar-refractivity contribution in [2.75, 3.05) is 39.4 Å². The molecule has 1 aliphatic heterocycles. The molecule has 5 nitrogen and oxygen atoms in total. The summed E-state index contributed by atoms with van der Waals surface area (Å²) >= 11 is 0. The fourth-order valence-corrected chi connectivity index (χ4v) is 2.76. The van der Waals surface area contributed by atoms with E-state index in [1.807, 2.05) is 23.1 Å². The van der Waals surface area contributed by atoms with Crippen LogP contribution >= 0.6 is 0 Å². The van der Waals surface area contributed by atoms with E-state index in [1.54, 1.807) is 0 Å². The van der Waals surface area contributed by atoms with Crippen LogP contribution in [0.25, 0.3) is 0 Å². The fraction of sp³-hybridized carbons (Fsp3) is 0.650. The topological polar surface area (TPSA) is 50.8 Å². The monoisotopic (exact) mass is 348 g/mol. The second-order valence-corrected chi connectivity index (χ2v) is 6.46. The van der Waals surface area contributed by atoms with Gasteiger partial charge in [0.1, 0.15) is 0 Å². The predicted molar refractivity (Wildman–Crippen MR) is 101 cm³/mol. The first-order valence-electron chi connectivity index (χ1n) is 9.66. The molecule has 0 unspecified atom stereocenters. The minimum atomic E-state index is 0.0733. The Morgan fingerprint density at radius 1 is 1.04 bits per heavy atom. The van der Waals surface area contributed by atoms with Gasteiger partial charge in [-0.1, -0.05) is 26.7 Å². The highest BCUT2D eigenvalue weighted by molar-refractivity contribution is 5.95. The van der Waals surface area contributed by atoms with Crippen LogP contribution in [0.5, 0.6) is 11.5 Å². The molecule has 0 bridgehead atoms. The summed E-state index contributed by atoms with van der Waals surface area (Å²) in [5, 5.41) is 3.33. The Morgan fingerprint density at radius 2 is 1.76 bits per heavy atom. The van der Waals surface area contributed by atoms with Gasteiger partial charge in [0.2, 0.25) is 0 Å². The molecule has 0 aromatic heterocycles. The predicted octanol–water partition coefficient (Wildman–Crippen LogP) is 3.48. The summed E-state index contributed by atoms with van der Waals surface area (Å²) in [6.07, 6.45) is 5.15. The molecule has 0 saturated carbocycles. The molecule has 1 heterocycles. The number of hydrogen-bond donors (Lipinski definition) is 1. The van der Waals surface area contributed by atoms with Crippen molar-refractivity contribution in [1.29, 1.82) is 0 Å². The third-order valence-corrected chi connectivity index (χ3v) is 4.33. The number of ether oxygens (including phenoxy) is 2. The average molecular weight is 348 g/mol. The second kappa shape index (κ2) is 11.0. The highest BCUT2D eigenvalue weighted by Gasteiger charge is 2.19. The van der Waals surface area contributed by atoms with Crippen LogP contribution in [0.2, 0.25) is 0 Å². The molecule has 5 heteroatoms. The molecule has 1 saturated heterocycles. The quantitative estimate of drug-likeness (QED) is 0.694. The van der Waals surface area contributed by atoms with E-state index in [1.165, 1.54) is 0 Å². The van der Waals surface area contributed by atoms with Crippen LogP contribution in [0.1, 0.15) is 56.3 Å². The van der Waals surface area contributed by atoms with Gasteiger partial charge < -0.3 is 19.7 Å². The fourth-order valence-electron chi connectivity index (χ4n) is 2.76. The van der Waals surface area contributed by atoms with Gasteiger partial charge in [-0.3, -0.25) is 4.79 Å². The largest absolute Gasteiger partial charge is 0.490 e. The van der Waals surface area contributed by atoms with E-state index >= 15 is 0 Å². The van der Waals surface area contributed by atoms with Crippen LogP contribution in [0.3, 0.4) is 0 Å². The summed E-state index contributed by atoms with van der Waals surface area (Å²) in [6, 6.07) is 5.58. The van der Waals surface area contributed by atoms with Crippen LogP contribution in [0, 0.1) is 0 Å². The lowest BCUT2D eigenvalue weighted by molar-refractivity contribution is 0.0765. The molecule has 1 aliphatic rings. The number of amides is 1. The molecule has 0 spiro atoms. The minimum Gasteiger partial charge on any atom is -0.490 e. The van der Waals surface area contributed by atoms with Gasteiger partial charge in [0.15, 0.2) is 11.5 Å². The second-order valence-electron chi connectivity index (χ2n) is 6.46. The number of nitrogens with one attached hydrogen (secondary N) is 1. The van der Waals surface area contributed by atoms with E-state index in [0.29, 0.717) is 24.5 Å². The Balaban J connectivity index is 2.11. The molecule has 1 N–H and O–H groups in total. The molecule has 1 aromatic rings. The number of unbranched alkanes of at least 4 members (excludes halogenated alkanes) is 2. The van der Waals surface area contributed by atoms with Crippen LogP contribution in [-0.4, -0.2) is 50.2 Å². The Bertz CT molecular complexity index is 526. The zero-order valence-corrected chi connectivity index (χ0v) is 15.7. The number of hydrogen-bond acceptors (Lipinski definition) is 4. The van der Waals surface area contributed by atoms with E-state index in [4.69, 9.17) is 9.47 Å². The molecular formula is C20H32N2O3. The molecule has 25 heavy (non-hydrogen) atoms. The molecule has 1 amide bonds. The lowest BCUT2D eigenvalue weighted by Gasteiger charge is -2.21. The van der Waals surface area contributed by atoms with E-state index < -0.39 is 0 Å². The summed E-state index contributed by atoms with van der Waals surface area (Å²) < 4.78 is 11.8. The maximum absolute atomic E-state index is 12.8. The van der Waals surface area contributed by atoms with Crippen molar-refractivity contribution in [2.24, 2.45) is 0 Å². The van der Waals surface area contributed by atoms with Crippen LogP contribution in [0.15, 0.2) is 18.2 Å². The van der Waals surface area contributed by atoms with E-state index in [0.717, 1.165) is 64.0 Å². The van der Waals surface area contributed by atoms with Gasteiger partial charge in [-0.15, -0.1) is 0 Å². The van der Waals surface area contributed by atoms with E-state index in [9.17, 15) is 4.79 Å². The standard InChI is InChI=1S/C20H32N2O3/c1-3-5-14-24-18-9-8-17(16-19(18)25-15-6-4-2)20(23)22-12-7-10-21-11-13-22/h8-9,16,21H,3-7,10-15H2,1-2H3. The molecule has 0 radical (unpaired) electrons. The maximum atomic E-state index is 12.8. The Hall–Kier alpha value is -1.75. The van der Waals surface area contributed by atoms with Gasteiger partial charge in [-0.2, -0.15) is 0 Å². The zero-order chi connectivity index (χ0) is 17.9. The third-order valence-electron chi connectivity index (χ3n) is 4.33. The third kappa shape index (κ3) is 6.24. The molecule has 1 fully saturated rings. The van der Waals surface area contributed by atoms with Crippen molar-refractivity contribution in [2.45, 2.75) is 46.0 Å². The van der Waals surface area contributed by atoms with Gasteiger partial charge >= 0.3 is 0 Å². The van der Waals surface area contributed by atoms with Gasteiger partial charge in [0.05, 0.1) is 13.2 Å². The number of rotatable bonds is 9. The van der Waals surface area contributed by atoms with Crippen molar-refractivity contribution >= 4 is 5.91 Å². The van der Waals surface area contributed by atoms with Crippen molar-refractivity contribution in [1.82, 2.24) is 10.2 Å². The first kappa shape index (κ1) is 19.6. The van der Waals surface area contributed by atoms with E-state index in [-0.39, 0.29) is 5.91 Å². The SMILES string of the molecule is CCCCOc1ccc(C(=O)N2CCCNCC2)cc1OCCCC. The highest BCUT2D eigenvalue weighted by Crippen LogP contribution is 2.29. The summed E-state index contributed by atoms with van der Waals surface area (Å²) in [4.78, 5) is 14.7. The molecular weight excluding hydrogens is 316 g/mol. The van der Waals surface area contributed by atoms with Gasteiger partial charge in [0.25, 0.3) is 5.91 Å². The Labute approximate surface area is 151 Å². The molecule has 2 rings (SSSR count). The summed E-state index contributed by atoms with van der Waals surface area (Å²) in [5.41, 5.74) is 0.677. The van der Waals surface area contributed by atoms with Crippen LogP contribution < -0.4 is 14.8 Å². The molecule has 1 aromatic carbocycles.